The third kappa shape index (κ3) is 3.97. The van der Waals surface area contributed by atoms with Crippen LogP contribution >= 0.6 is 0 Å². The topological polar surface area (TPSA) is 89.8 Å². The Morgan fingerprint density at radius 3 is 2.59 bits per heavy atom. The Morgan fingerprint density at radius 1 is 1.19 bits per heavy atom. The number of nitrogens with zero attached hydrogens (tertiary/aromatic N) is 2. The number of aryl methyl sites for hydroxylation is 1. The molecule has 0 aliphatic carbocycles. The van der Waals surface area contributed by atoms with Gasteiger partial charge >= 0.3 is 5.97 Å². The monoisotopic (exact) mass is 368 g/mol. The van der Waals surface area contributed by atoms with Gasteiger partial charge in [-0.3, -0.25) is 14.9 Å². The van der Waals surface area contributed by atoms with E-state index >= 15 is 0 Å². The van der Waals surface area contributed by atoms with Crippen LogP contribution in [0, 0.1) is 17.0 Å². The Balaban J connectivity index is 1.67. The van der Waals surface area contributed by atoms with Gasteiger partial charge in [0.1, 0.15) is 0 Å². The first kappa shape index (κ1) is 18.6. The van der Waals surface area contributed by atoms with Crippen LogP contribution in [-0.4, -0.2) is 34.3 Å². The van der Waals surface area contributed by atoms with Crippen molar-refractivity contribution in [3.63, 3.8) is 0 Å². The van der Waals surface area contributed by atoms with E-state index in [0.717, 1.165) is 12.0 Å². The summed E-state index contributed by atoms with van der Waals surface area (Å²) in [4.78, 5) is 37.1. The minimum Gasteiger partial charge on any atom is -0.449 e. The third-order valence-corrected chi connectivity index (χ3v) is 4.72. The van der Waals surface area contributed by atoms with Gasteiger partial charge in [-0.1, -0.05) is 30.3 Å². The van der Waals surface area contributed by atoms with Gasteiger partial charge in [0, 0.05) is 24.7 Å². The molecule has 0 aromatic heterocycles. The smallest absolute Gasteiger partial charge is 0.339 e. The number of fused-ring (bicyclic) bond motifs is 1. The van der Waals surface area contributed by atoms with Gasteiger partial charge in [0.25, 0.3) is 11.6 Å². The molecule has 1 heterocycles. The van der Waals surface area contributed by atoms with Gasteiger partial charge in [0.2, 0.25) is 0 Å². The fraction of sp³-hybridized carbons (Fsp3) is 0.300. The number of nitro benzene ring substituents is 1. The molecular weight excluding hydrogens is 348 g/mol. The highest BCUT2D eigenvalue weighted by atomic mass is 16.6. The van der Waals surface area contributed by atoms with Crippen molar-refractivity contribution >= 4 is 17.6 Å². The number of carbonyl (C=O) groups is 2. The lowest BCUT2D eigenvalue weighted by molar-refractivity contribution is -0.385. The summed E-state index contributed by atoms with van der Waals surface area (Å²) in [6.45, 7) is 4.15. The molecule has 2 aromatic carbocycles. The lowest BCUT2D eigenvalue weighted by Crippen LogP contribution is -2.42. The molecule has 7 nitrogen and oxygen atoms in total. The van der Waals surface area contributed by atoms with Crippen molar-refractivity contribution in [2.24, 2.45) is 0 Å². The lowest BCUT2D eigenvalue weighted by Gasteiger charge is -2.30. The molecule has 0 radical (unpaired) electrons. The molecule has 140 valence electrons. The summed E-state index contributed by atoms with van der Waals surface area (Å²) < 4.78 is 5.26. The highest BCUT2D eigenvalue weighted by Crippen LogP contribution is 2.22. The normalized spacial score (nSPS) is 14.2. The van der Waals surface area contributed by atoms with Crippen molar-refractivity contribution in [3.8, 4) is 0 Å². The van der Waals surface area contributed by atoms with Gasteiger partial charge in [-0.25, -0.2) is 4.79 Å². The van der Waals surface area contributed by atoms with Crippen molar-refractivity contribution in [2.75, 3.05) is 6.54 Å². The van der Waals surface area contributed by atoms with E-state index in [9.17, 15) is 19.7 Å². The van der Waals surface area contributed by atoms with Gasteiger partial charge in [0.05, 0.1) is 10.5 Å². The van der Waals surface area contributed by atoms with E-state index in [0.29, 0.717) is 18.7 Å². The summed E-state index contributed by atoms with van der Waals surface area (Å²) in [6.07, 6.45) is -0.213. The molecule has 0 saturated heterocycles. The van der Waals surface area contributed by atoms with Crippen LogP contribution in [0.5, 0.6) is 0 Å². The minimum atomic E-state index is -0.969. The van der Waals surface area contributed by atoms with Crippen LogP contribution < -0.4 is 0 Å². The Morgan fingerprint density at radius 2 is 1.89 bits per heavy atom. The van der Waals surface area contributed by atoms with Crippen LogP contribution in [0.25, 0.3) is 0 Å². The minimum absolute atomic E-state index is 0.0518. The Bertz CT molecular complexity index is 909. The molecule has 3 rings (SSSR count). The molecule has 27 heavy (non-hydrogen) atoms. The molecule has 0 unspecified atom stereocenters. The van der Waals surface area contributed by atoms with E-state index in [1.807, 2.05) is 24.3 Å². The number of rotatable bonds is 4. The zero-order valence-corrected chi connectivity index (χ0v) is 15.2. The van der Waals surface area contributed by atoms with E-state index in [2.05, 4.69) is 0 Å². The van der Waals surface area contributed by atoms with E-state index in [1.54, 1.807) is 11.8 Å². The highest BCUT2D eigenvalue weighted by Gasteiger charge is 2.27. The van der Waals surface area contributed by atoms with Crippen molar-refractivity contribution in [2.45, 2.75) is 32.9 Å². The van der Waals surface area contributed by atoms with E-state index in [1.165, 1.54) is 30.7 Å². The summed E-state index contributed by atoms with van der Waals surface area (Å²) in [6, 6.07) is 12.1. The molecular formula is C20H20N2O5. The quantitative estimate of drug-likeness (QED) is 0.470. The summed E-state index contributed by atoms with van der Waals surface area (Å²) in [7, 11) is 0. The average molecular weight is 368 g/mol. The zero-order chi connectivity index (χ0) is 19.6. The predicted octanol–water partition coefficient (Wildman–Crippen LogP) is 3.03. The number of esters is 1. The maximum Gasteiger partial charge on any atom is 0.339 e. The second kappa shape index (κ2) is 7.57. The molecule has 7 heteroatoms. The third-order valence-electron chi connectivity index (χ3n) is 4.72. The molecule has 1 atom stereocenters. The van der Waals surface area contributed by atoms with E-state index in [4.69, 9.17) is 4.74 Å². The fourth-order valence-corrected chi connectivity index (χ4v) is 3.15. The summed E-state index contributed by atoms with van der Waals surface area (Å²) in [5.41, 5.74) is 2.66. The maximum absolute atomic E-state index is 12.6. The van der Waals surface area contributed by atoms with E-state index < -0.39 is 17.0 Å². The molecule has 0 N–H and O–H groups in total. The van der Waals surface area contributed by atoms with Gasteiger partial charge in [-0.05, 0) is 37.5 Å². The molecule has 0 fully saturated rings. The van der Waals surface area contributed by atoms with Crippen LogP contribution in [0.4, 0.5) is 5.69 Å². The largest absolute Gasteiger partial charge is 0.449 e. The van der Waals surface area contributed by atoms with Gasteiger partial charge in [-0.15, -0.1) is 0 Å². The maximum atomic E-state index is 12.6. The second-order valence-electron chi connectivity index (χ2n) is 6.58. The number of nitro groups is 1. The predicted molar refractivity (Wildman–Crippen MR) is 98.3 cm³/mol. The molecule has 1 aliphatic rings. The highest BCUT2D eigenvalue weighted by molar-refractivity contribution is 5.93. The Kier molecular flexibility index (Phi) is 5.21. The van der Waals surface area contributed by atoms with Gasteiger partial charge in [-0.2, -0.15) is 0 Å². The van der Waals surface area contributed by atoms with Crippen molar-refractivity contribution in [1.29, 1.82) is 0 Å². The Labute approximate surface area is 156 Å². The second-order valence-corrected chi connectivity index (χ2v) is 6.58. The number of hydrogen-bond donors (Lipinski definition) is 0. The van der Waals surface area contributed by atoms with Crippen LogP contribution in [0.3, 0.4) is 0 Å². The van der Waals surface area contributed by atoms with Crippen LogP contribution in [0.2, 0.25) is 0 Å². The molecule has 1 aliphatic heterocycles. The van der Waals surface area contributed by atoms with Gasteiger partial charge in [0.15, 0.2) is 6.10 Å². The lowest BCUT2D eigenvalue weighted by atomic mass is 9.99. The number of amides is 1. The van der Waals surface area contributed by atoms with Crippen molar-refractivity contribution < 1.29 is 19.2 Å². The Hall–Kier alpha value is -3.22. The molecule has 0 saturated carbocycles. The number of hydrogen-bond acceptors (Lipinski definition) is 5. The molecule has 1 amide bonds. The average Bonchev–Trinajstić information content (AvgIpc) is 2.66. The first-order valence-corrected chi connectivity index (χ1v) is 8.68. The first-order valence-electron chi connectivity index (χ1n) is 8.68. The standard InChI is InChI=1S/C20H20N2O5/c1-13-7-8-16(11-18(13)22(25)26)20(24)27-14(2)19(23)21-10-9-15-5-3-4-6-17(15)12-21/h3-8,11,14H,9-10,12H2,1-2H3/t14-/m1/s1. The SMILES string of the molecule is Cc1ccc(C(=O)O[C@H](C)C(=O)N2CCc3ccccc3C2)cc1[N+](=O)[O-]. The first-order chi connectivity index (χ1) is 12.9. The summed E-state index contributed by atoms with van der Waals surface area (Å²) in [5, 5.41) is 11.0. The van der Waals surface area contributed by atoms with Crippen LogP contribution in [0.15, 0.2) is 42.5 Å². The number of carbonyl (C=O) groups excluding carboxylic acids is 2. The molecule has 0 spiro atoms. The fourth-order valence-electron chi connectivity index (χ4n) is 3.15. The number of benzene rings is 2. The van der Waals surface area contributed by atoms with Crippen LogP contribution in [0.1, 0.15) is 34.0 Å². The number of ether oxygens (including phenoxy) is 1. The van der Waals surface area contributed by atoms with Crippen molar-refractivity contribution in [3.05, 3.63) is 74.8 Å². The summed E-state index contributed by atoms with van der Waals surface area (Å²) in [5.74, 6) is -1.03. The zero-order valence-electron chi connectivity index (χ0n) is 15.2. The van der Waals surface area contributed by atoms with Crippen molar-refractivity contribution in [1.82, 2.24) is 4.90 Å². The summed E-state index contributed by atoms with van der Waals surface area (Å²) >= 11 is 0. The van der Waals surface area contributed by atoms with E-state index in [-0.39, 0.29) is 17.2 Å². The molecule has 2 aromatic rings. The van der Waals surface area contributed by atoms with Gasteiger partial charge < -0.3 is 9.64 Å². The van der Waals surface area contributed by atoms with Crippen LogP contribution in [-0.2, 0) is 22.5 Å². The molecule has 0 bridgehead atoms.